The summed E-state index contributed by atoms with van der Waals surface area (Å²) >= 11 is 0. The predicted molar refractivity (Wildman–Crippen MR) is 84.5 cm³/mol. The largest absolute Gasteiger partial charge is 0.288 e. The third kappa shape index (κ3) is 2.00. The minimum absolute atomic E-state index is 0.118. The van der Waals surface area contributed by atoms with Crippen molar-refractivity contribution in [3.63, 3.8) is 0 Å². The maximum Gasteiger partial charge on any atom is 0.200 e. The predicted octanol–water partition coefficient (Wildman–Crippen LogP) is 2.57. The Bertz CT molecular complexity index is 991. The van der Waals surface area contributed by atoms with Gasteiger partial charge in [0.25, 0.3) is 0 Å². The normalized spacial score (nSPS) is 10.9. The first-order chi connectivity index (χ1) is 10.8. The van der Waals surface area contributed by atoms with E-state index in [-0.39, 0.29) is 5.43 Å². The van der Waals surface area contributed by atoms with Crippen molar-refractivity contribution in [3.05, 3.63) is 83.4 Å². The lowest BCUT2D eigenvalue weighted by atomic mass is 10.1. The van der Waals surface area contributed by atoms with E-state index in [1.165, 1.54) is 12.3 Å². The van der Waals surface area contributed by atoms with Crippen LogP contribution in [0.15, 0.2) is 78.0 Å². The molecule has 0 aliphatic carbocycles. The summed E-state index contributed by atoms with van der Waals surface area (Å²) in [4.78, 5) is 11.2. The quantitative estimate of drug-likeness (QED) is 0.569. The molecule has 2 aromatic carbocycles. The first-order valence-electron chi connectivity index (χ1n) is 6.90. The van der Waals surface area contributed by atoms with Gasteiger partial charge in [0.2, 0.25) is 0 Å². The molecule has 0 radical (unpaired) electrons. The molecule has 0 bridgehead atoms. The highest BCUT2D eigenvalue weighted by atomic mass is 16.1. The number of benzene rings is 2. The molecule has 5 nitrogen and oxygen atoms in total. The topological polar surface area (TPSA) is 52.7 Å². The second kappa shape index (κ2) is 4.96. The van der Waals surface area contributed by atoms with Crippen LogP contribution in [0.2, 0.25) is 0 Å². The van der Waals surface area contributed by atoms with E-state index < -0.39 is 0 Å². The number of nitrogens with zero attached hydrogens (tertiary/aromatic N) is 4. The van der Waals surface area contributed by atoms with Crippen molar-refractivity contribution in [2.75, 3.05) is 0 Å². The summed E-state index contributed by atoms with van der Waals surface area (Å²) in [6.45, 7) is 0. The van der Waals surface area contributed by atoms with Gasteiger partial charge in [-0.2, -0.15) is 10.2 Å². The Morgan fingerprint density at radius 2 is 1.73 bits per heavy atom. The Balaban J connectivity index is 1.95. The molecule has 0 saturated heterocycles. The van der Waals surface area contributed by atoms with Crippen molar-refractivity contribution in [3.8, 4) is 11.5 Å². The molecule has 0 aliphatic heterocycles. The molecular weight excluding hydrogens is 276 g/mol. The molecule has 0 aliphatic rings. The molecule has 4 aromatic rings. The van der Waals surface area contributed by atoms with Crippen LogP contribution >= 0.6 is 0 Å². The zero-order chi connectivity index (χ0) is 14.9. The van der Waals surface area contributed by atoms with Crippen LogP contribution < -0.4 is 5.43 Å². The number of hydrogen-bond acceptors (Lipinski definition) is 3. The molecule has 0 atom stereocenters. The summed E-state index contributed by atoms with van der Waals surface area (Å²) in [6, 6.07) is 17.6. The minimum atomic E-state index is -0.118. The molecule has 106 valence electrons. The average molecular weight is 288 g/mol. The van der Waals surface area contributed by atoms with E-state index in [1.54, 1.807) is 17.1 Å². The first-order valence-corrected chi connectivity index (χ1v) is 6.90. The molecule has 22 heavy (non-hydrogen) atoms. The van der Waals surface area contributed by atoms with Gasteiger partial charge >= 0.3 is 0 Å². The zero-order valence-corrected chi connectivity index (χ0v) is 11.6. The maximum atomic E-state index is 11.2. The SMILES string of the molecule is O=c1ccn(-c2ccnn2-c2cccc3ccccc23)nc1. The van der Waals surface area contributed by atoms with Gasteiger partial charge in [-0.3, -0.25) is 4.79 Å². The molecule has 0 N–H and O–H groups in total. The fourth-order valence-corrected chi connectivity index (χ4v) is 2.53. The maximum absolute atomic E-state index is 11.2. The number of fused-ring (bicyclic) bond motifs is 1. The van der Waals surface area contributed by atoms with Crippen LogP contribution in [-0.2, 0) is 0 Å². The Labute approximate surface area is 126 Å². The minimum Gasteiger partial charge on any atom is -0.288 e. The van der Waals surface area contributed by atoms with Gasteiger partial charge < -0.3 is 0 Å². The van der Waals surface area contributed by atoms with Crippen molar-refractivity contribution in [2.45, 2.75) is 0 Å². The molecule has 0 unspecified atom stereocenters. The van der Waals surface area contributed by atoms with E-state index in [2.05, 4.69) is 28.4 Å². The summed E-state index contributed by atoms with van der Waals surface area (Å²) in [5.41, 5.74) is 0.853. The summed E-state index contributed by atoms with van der Waals surface area (Å²) < 4.78 is 3.45. The van der Waals surface area contributed by atoms with Crippen molar-refractivity contribution in [2.24, 2.45) is 0 Å². The van der Waals surface area contributed by atoms with Gasteiger partial charge in [-0.15, -0.1) is 0 Å². The standard InChI is InChI=1S/C17H12N4O/c22-14-9-11-20(19-12-14)17-8-10-18-21(17)16-7-3-5-13-4-1-2-6-15(13)16/h1-12H. The summed E-state index contributed by atoms with van der Waals surface area (Å²) in [5.74, 6) is 0.774. The van der Waals surface area contributed by atoms with Crippen LogP contribution in [0.4, 0.5) is 0 Å². The molecule has 0 amide bonds. The van der Waals surface area contributed by atoms with Crippen LogP contribution in [-0.4, -0.2) is 19.6 Å². The van der Waals surface area contributed by atoms with E-state index in [0.29, 0.717) is 0 Å². The molecule has 0 fully saturated rings. The van der Waals surface area contributed by atoms with Crippen LogP contribution in [0.1, 0.15) is 0 Å². The molecule has 2 aromatic heterocycles. The van der Waals surface area contributed by atoms with E-state index in [0.717, 1.165) is 22.3 Å². The second-order valence-corrected chi connectivity index (χ2v) is 4.91. The highest BCUT2D eigenvalue weighted by Crippen LogP contribution is 2.23. The third-order valence-corrected chi connectivity index (χ3v) is 3.54. The highest BCUT2D eigenvalue weighted by molar-refractivity contribution is 5.90. The van der Waals surface area contributed by atoms with Gasteiger partial charge in [0, 0.05) is 23.7 Å². The molecule has 2 heterocycles. The number of aromatic nitrogens is 4. The van der Waals surface area contributed by atoms with Gasteiger partial charge in [0.05, 0.1) is 18.1 Å². The van der Waals surface area contributed by atoms with Gasteiger partial charge in [-0.1, -0.05) is 36.4 Å². The monoisotopic (exact) mass is 288 g/mol. The third-order valence-electron chi connectivity index (χ3n) is 3.54. The molecule has 4 rings (SSSR count). The first kappa shape index (κ1) is 12.5. The van der Waals surface area contributed by atoms with Crippen LogP contribution in [0.25, 0.3) is 22.3 Å². The zero-order valence-electron chi connectivity index (χ0n) is 11.6. The Morgan fingerprint density at radius 1 is 0.864 bits per heavy atom. The van der Waals surface area contributed by atoms with Gasteiger partial charge in [0.1, 0.15) is 0 Å². The molecular formula is C17H12N4O. The van der Waals surface area contributed by atoms with Gasteiger partial charge in [0.15, 0.2) is 11.2 Å². The smallest absolute Gasteiger partial charge is 0.200 e. The van der Waals surface area contributed by atoms with Crippen LogP contribution in [0.5, 0.6) is 0 Å². The number of hydrogen-bond donors (Lipinski definition) is 0. The van der Waals surface area contributed by atoms with Crippen molar-refractivity contribution < 1.29 is 0 Å². The summed E-state index contributed by atoms with van der Waals surface area (Å²) in [5, 5.41) is 10.8. The number of rotatable bonds is 2. The van der Waals surface area contributed by atoms with Gasteiger partial charge in [-0.25, -0.2) is 9.36 Å². The Hall–Kier alpha value is -3.21. The van der Waals surface area contributed by atoms with E-state index >= 15 is 0 Å². The van der Waals surface area contributed by atoms with E-state index in [4.69, 9.17) is 0 Å². The lowest BCUT2D eigenvalue weighted by Crippen LogP contribution is -2.11. The van der Waals surface area contributed by atoms with Crippen molar-refractivity contribution in [1.82, 2.24) is 19.6 Å². The lowest BCUT2D eigenvalue weighted by Gasteiger charge is -2.11. The fourth-order valence-electron chi connectivity index (χ4n) is 2.53. The van der Waals surface area contributed by atoms with E-state index in [1.807, 2.05) is 35.0 Å². The lowest BCUT2D eigenvalue weighted by molar-refractivity contribution is 0.748. The van der Waals surface area contributed by atoms with Crippen molar-refractivity contribution in [1.29, 1.82) is 0 Å². The second-order valence-electron chi connectivity index (χ2n) is 4.91. The Kier molecular flexibility index (Phi) is 2.83. The van der Waals surface area contributed by atoms with E-state index in [9.17, 15) is 4.79 Å². The van der Waals surface area contributed by atoms with Gasteiger partial charge in [-0.05, 0) is 11.5 Å². The summed E-state index contributed by atoms with van der Waals surface area (Å²) in [6.07, 6.45) is 4.65. The molecule has 0 saturated carbocycles. The summed E-state index contributed by atoms with van der Waals surface area (Å²) in [7, 11) is 0. The molecule has 5 heteroatoms. The Morgan fingerprint density at radius 3 is 2.59 bits per heavy atom. The van der Waals surface area contributed by atoms with Crippen molar-refractivity contribution >= 4 is 10.8 Å². The van der Waals surface area contributed by atoms with Crippen LogP contribution in [0.3, 0.4) is 0 Å². The molecule has 0 spiro atoms. The highest BCUT2D eigenvalue weighted by Gasteiger charge is 2.09. The van der Waals surface area contributed by atoms with Crippen LogP contribution in [0, 0.1) is 0 Å². The average Bonchev–Trinajstić information content (AvgIpc) is 3.04. The fraction of sp³-hybridized carbons (Fsp3) is 0.